The molecule has 1 fully saturated rings. The monoisotopic (exact) mass is 665 g/mol. The Kier molecular flexibility index (Phi) is 11.4. The minimum absolute atomic E-state index is 0.0675. The second kappa shape index (κ2) is 15.5. The molecule has 4 amide bonds. The zero-order chi connectivity index (χ0) is 33.4. The van der Waals surface area contributed by atoms with Crippen LogP contribution >= 0.6 is 23.4 Å². The largest absolute Gasteiger partial charge is 0.493 e. The van der Waals surface area contributed by atoms with E-state index < -0.39 is 29.6 Å². The molecule has 0 unspecified atom stereocenters. The van der Waals surface area contributed by atoms with Crippen molar-refractivity contribution < 1.29 is 38.2 Å². The Hall–Kier alpha value is -4.81. The number of halogens is 1. The van der Waals surface area contributed by atoms with Crippen LogP contribution in [0.3, 0.4) is 0 Å². The van der Waals surface area contributed by atoms with Crippen LogP contribution in [0.1, 0.15) is 48.2 Å². The second-order valence-electron chi connectivity index (χ2n) is 10.2. The van der Waals surface area contributed by atoms with Crippen molar-refractivity contribution in [2.45, 2.75) is 26.7 Å². The van der Waals surface area contributed by atoms with Gasteiger partial charge in [0.25, 0.3) is 17.1 Å². The van der Waals surface area contributed by atoms with E-state index in [1.807, 2.05) is 38.1 Å². The van der Waals surface area contributed by atoms with Gasteiger partial charge in [0.2, 0.25) is 5.91 Å². The van der Waals surface area contributed by atoms with Gasteiger partial charge in [-0.3, -0.25) is 24.1 Å². The number of carbonyl (C=O) groups excluding carboxylic acids is 5. The summed E-state index contributed by atoms with van der Waals surface area (Å²) in [7, 11) is 1.44. The van der Waals surface area contributed by atoms with Crippen LogP contribution < -0.4 is 20.1 Å². The van der Waals surface area contributed by atoms with Crippen LogP contribution in [0.4, 0.5) is 16.2 Å². The molecule has 1 heterocycles. The number of amides is 4. The third kappa shape index (κ3) is 8.46. The molecule has 13 heteroatoms. The molecule has 0 saturated carbocycles. The van der Waals surface area contributed by atoms with Gasteiger partial charge in [-0.05, 0) is 78.2 Å². The summed E-state index contributed by atoms with van der Waals surface area (Å²) in [6, 6.07) is 16.7. The summed E-state index contributed by atoms with van der Waals surface area (Å²) in [5.74, 6) is -1.44. The number of rotatable bonds is 12. The Morgan fingerprint density at radius 2 is 1.74 bits per heavy atom. The minimum Gasteiger partial charge on any atom is -0.493 e. The van der Waals surface area contributed by atoms with E-state index in [-0.39, 0.29) is 46.2 Å². The number of nitrogens with one attached hydrogen (secondary N) is 2. The zero-order valence-electron chi connectivity index (χ0n) is 25.5. The second-order valence-corrected chi connectivity index (χ2v) is 11.6. The van der Waals surface area contributed by atoms with Crippen molar-refractivity contribution in [3.63, 3.8) is 0 Å². The lowest BCUT2D eigenvalue weighted by atomic mass is 10.0. The molecule has 46 heavy (non-hydrogen) atoms. The number of hydrogen-bond donors (Lipinski definition) is 2. The van der Waals surface area contributed by atoms with Gasteiger partial charge >= 0.3 is 5.97 Å². The van der Waals surface area contributed by atoms with E-state index in [1.54, 1.807) is 25.1 Å². The van der Waals surface area contributed by atoms with Crippen molar-refractivity contribution in [1.82, 2.24) is 4.90 Å². The van der Waals surface area contributed by atoms with Crippen LogP contribution in [-0.2, 0) is 19.1 Å². The number of methoxy groups -OCH3 is 1. The molecule has 240 valence electrons. The maximum atomic E-state index is 13.0. The number of carbonyl (C=O) groups is 5. The highest BCUT2D eigenvalue weighted by atomic mass is 35.5. The van der Waals surface area contributed by atoms with E-state index in [0.717, 1.165) is 10.5 Å². The average molecular weight is 666 g/mol. The fraction of sp³-hybridized carbons (Fsp3) is 0.242. The Balaban J connectivity index is 1.38. The maximum Gasteiger partial charge on any atom is 0.339 e. The summed E-state index contributed by atoms with van der Waals surface area (Å²) in [5.41, 5.74) is 2.56. The highest BCUT2D eigenvalue weighted by Gasteiger charge is 2.36. The smallest absolute Gasteiger partial charge is 0.339 e. The molecule has 11 nitrogen and oxygen atoms in total. The lowest BCUT2D eigenvalue weighted by Crippen LogP contribution is -2.36. The van der Waals surface area contributed by atoms with E-state index in [1.165, 1.54) is 31.4 Å². The molecular formula is C33H32ClN3O8S. The van der Waals surface area contributed by atoms with Gasteiger partial charge in [-0.25, -0.2) is 4.79 Å². The zero-order valence-corrected chi connectivity index (χ0v) is 27.1. The molecule has 0 spiro atoms. The molecule has 1 aliphatic rings. The molecule has 2 N–H and O–H groups in total. The van der Waals surface area contributed by atoms with Gasteiger partial charge in [-0.2, -0.15) is 0 Å². The molecule has 4 rings (SSSR count). The minimum atomic E-state index is -0.652. The third-order valence-electron chi connectivity index (χ3n) is 6.62. The molecule has 0 radical (unpaired) electrons. The normalized spacial score (nSPS) is 13.6. The van der Waals surface area contributed by atoms with Gasteiger partial charge in [-0.15, -0.1) is 0 Å². The molecular weight excluding hydrogens is 634 g/mol. The third-order valence-corrected chi connectivity index (χ3v) is 7.86. The van der Waals surface area contributed by atoms with Gasteiger partial charge in [-0.1, -0.05) is 49.7 Å². The molecule has 0 atom stereocenters. The molecule has 3 aromatic rings. The number of thioether (sulfide) groups is 1. The number of ether oxygens (including phenoxy) is 3. The maximum absolute atomic E-state index is 13.0. The summed E-state index contributed by atoms with van der Waals surface area (Å²) < 4.78 is 16.1. The van der Waals surface area contributed by atoms with Crippen molar-refractivity contribution in [2.75, 3.05) is 37.5 Å². The summed E-state index contributed by atoms with van der Waals surface area (Å²) >= 11 is 6.76. The van der Waals surface area contributed by atoms with Crippen LogP contribution in [0.5, 0.6) is 11.5 Å². The van der Waals surface area contributed by atoms with Crippen LogP contribution in [0.25, 0.3) is 6.08 Å². The standard InChI is InChI=1S/C33H32ClN3O8S/c1-5-44-32(41)23-16-21(11-12-24(23)34)35-29(38)17-37-31(40)28(46-33(37)42)15-20-10-13-26(27(14-20)43-4)45-18-30(39)36-25-9-7-6-8-22(25)19(2)3/h6-16,19H,5,17-18H2,1-4H3,(H,35,38)(H,36,39)/b28-15-. The number of esters is 1. The first kappa shape index (κ1) is 34.1. The van der Waals surface area contributed by atoms with Crippen molar-refractivity contribution >= 4 is 69.7 Å². The SMILES string of the molecule is CCOC(=O)c1cc(NC(=O)CN2C(=O)S/C(=C\c3ccc(OCC(=O)Nc4ccccc4C(C)C)c(OC)c3)C2=O)ccc1Cl. The first-order valence-corrected chi connectivity index (χ1v) is 15.4. The topological polar surface area (TPSA) is 140 Å². The lowest BCUT2D eigenvalue weighted by molar-refractivity contribution is -0.127. The van der Waals surface area contributed by atoms with Gasteiger partial charge in [0.1, 0.15) is 6.54 Å². The molecule has 1 saturated heterocycles. The first-order valence-electron chi connectivity index (χ1n) is 14.2. The summed E-state index contributed by atoms with van der Waals surface area (Å²) in [6.45, 7) is 5.08. The van der Waals surface area contributed by atoms with Crippen molar-refractivity contribution in [2.24, 2.45) is 0 Å². The Bertz CT molecular complexity index is 1710. The van der Waals surface area contributed by atoms with Gasteiger partial charge in [0.15, 0.2) is 18.1 Å². The number of nitrogens with zero attached hydrogens (tertiary/aromatic N) is 1. The number of imide groups is 1. The van der Waals surface area contributed by atoms with Crippen LogP contribution in [0.15, 0.2) is 65.6 Å². The molecule has 0 aliphatic carbocycles. The van der Waals surface area contributed by atoms with Gasteiger partial charge in [0, 0.05) is 11.4 Å². The van der Waals surface area contributed by atoms with E-state index in [0.29, 0.717) is 34.5 Å². The van der Waals surface area contributed by atoms with Crippen molar-refractivity contribution in [3.8, 4) is 11.5 Å². The molecule has 0 aromatic heterocycles. The molecule has 1 aliphatic heterocycles. The van der Waals surface area contributed by atoms with Crippen molar-refractivity contribution in [1.29, 1.82) is 0 Å². The summed E-state index contributed by atoms with van der Waals surface area (Å²) in [6.07, 6.45) is 1.50. The molecule has 3 aromatic carbocycles. The van der Waals surface area contributed by atoms with E-state index >= 15 is 0 Å². The quantitative estimate of drug-likeness (QED) is 0.167. The van der Waals surface area contributed by atoms with Gasteiger partial charge in [0.05, 0.1) is 29.2 Å². The average Bonchev–Trinajstić information content (AvgIpc) is 3.28. The lowest BCUT2D eigenvalue weighted by Gasteiger charge is -2.15. The van der Waals surface area contributed by atoms with E-state index in [9.17, 15) is 24.0 Å². The number of benzene rings is 3. The number of anilines is 2. The predicted octanol–water partition coefficient (Wildman–Crippen LogP) is 6.34. The van der Waals surface area contributed by atoms with E-state index in [4.69, 9.17) is 25.8 Å². The number of hydrogen-bond acceptors (Lipinski definition) is 9. The van der Waals surface area contributed by atoms with Crippen molar-refractivity contribution in [3.05, 3.63) is 87.3 Å². The van der Waals surface area contributed by atoms with E-state index in [2.05, 4.69) is 10.6 Å². The highest BCUT2D eigenvalue weighted by molar-refractivity contribution is 8.18. The van der Waals surface area contributed by atoms with Crippen LogP contribution in [0.2, 0.25) is 5.02 Å². The van der Waals surface area contributed by atoms with Gasteiger partial charge < -0.3 is 24.8 Å². The van der Waals surface area contributed by atoms with Crippen LogP contribution in [-0.4, -0.2) is 60.7 Å². The molecule has 0 bridgehead atoms. The fourth-order valence-corrected chi connectivity index (χ4v) is 5.47. The summed E-state index contributed by atoms with van der Waals surface area (Å²) in [5, 5.41) is 4.96. The highest BCUT2D eigenvalue weighted by Crippen LogP contribution is 2.35. The Morgan fingerprint density at radius 3 is 2.46 bits per heavy atom. The predicted molar refractivity (Wildman–Crippen MR) is 176 cm³/mol. The first-order chi connectivity index (χ1) is 22.0. The number of para-hydroxylation sites is 1. The fourth-order valence-electron chi connectivity index (χ4n) is 4.44. The Labute approximate surface area is 275 Å². The summed E-state index contributed by atoms with van der Waals surface area (Å²) in [4.78, 5) is 64.0. The Morgan fingerprint density at radius 1 is 0.978 bits per heavy atom. The van der Waals surface area contributed by atoms with Crippen LogP contribution in [0, 0.1) is 0 Å².